The van der Waals surface area contributed by atoms with Gasteiger partial charge >= 0.3 is 5.97 Å². The van der Waals surface area contributed by atoms with Crippen molar-refractivity contribution in [3.63, 3.8) is 0 Å². The molecule has 0 N–H and O–H groups in total. The summed E-state index contributed by atoms with van der Waals surface area (Å²) in [5.41, 5.74) is 1.25. The van der Waals surface area contributed by atoms with E-state index in [1.807, 2.05) is 12.1 Å². The number of rotatable bonds is 12. The highest BCUT2D eigenvalue weighted by molar-refractivity contribution is 5.69. The standard InChI is InChI=1S/C19H30O3/c1-3-4-5-6-9-15-22-19(20)14-8-7-11-17-12-10-13-18(16-17)21-2/h10,12-13,16H,3-9,11,14-15H2,1-2H3. The van der Waals surface area contributed by atoms with Gasteiger partial charge in [0.1, 0.15) is 5.75 Å². The van der Waals surface area contributed by atoms with Gasteiger partial charge in [0.15, 0.2) is 0 Å². The zero-order chi connectivity index (χ0) is 16.0. The molecule has 1 aromatic carbocycles. The summed E-state index contributed by atoms with van der Waals surface area (Å²) in [7, 11) is 1.68. The molecule has 0 radical (unpaired) electrons. The summed E-state index contributed by atoms with van der Waals surface area (Å²) in [5, 5.41) is 0. The van der Waals surface area contributed by atoms with Crippen LogP contribution in [0.1, 0.15) is 63.9 Å². The Morgan fingerprint density at radius 2 is 1.86 bits per heavy atom. The van der Waals surface area contributed by atoms with Gasteiger partial charge in [0.2, 0.25) is 0 Å². The van der Waals surface area contributed by atoms with Gasteiger partial charge in [0.05, 0.1) is 13.7 Å². The lowest BCUT2D eigenvalue weighted by atomic mass is 10.1. The Labute approximate surface area is 135 Å². The van der Waals surface area contributed by atoms with Gasteiger partial charge in [0.25, 0.3) is 0 Å². The Morgan fingerprint density at radius 1 is 1.05 bits per heavy atom. The normalized spacial score (nSPS) is 10.5. The summed E-state index contributed by atoms with van der Waals surface area (Å²) in [6, 6.07) is 8.09. The van der Waals surface area contributed by atoms with Gasteiger partial charge in [-0.15, -0.1) is 0 Å². The molecule has 0 spiro atoms. The highest BCUT2D eigenvalue weighted by Gasteiger charge is 2.03. The van der Waals surface area contributed by atoms with Crippen LogP contribution in [0.3, 0.4) is 0 Å². The van der Waals surface area contributed by atoms with Crippen molar-refractivity contribution in [3.8, 4) is 5.75 Å². The molecule has 0 saturated heterocycles. The van der Waals surface area contributed by atoms with E-state index in [-0.39, 0.29) is 5.97 Å². The minimum absolute atomic E-state index is 0.0545. The van der Waals surface area contributed by atoms with Crippen LogP contribution in [0.15, 0.2) is 24.3 Å². The topological polar surface area (TPSA) is 35.5 Å². The lowest BCUT2D eigenvalue weighted by Gasteiger charge is -2.06. The fourth-order valence-electron chi connectivity index (χ4n) is 2.39. The minimum atomic E-state index is -0.0545. The van der Waals surface area contributed by atoms with E-state index in [1.54, 1.807) is 7.11 Å². The smallest absolute Gasteiger partial charge is 0.305 e. The lowest BCUT2D eigenvalue weighted by Crippen LogP contribution is -2.05. The Kier molecular flexibility index (Phi) is 10.2. The Morgan fingerprint density at radius 3 is 2.64 bits per heavy atom. The summed E-state index contributed by atoms with van der Waals surface area (Å²) in [6.45, 7) is 2.78. The third-order valence-electron chi connectivity index (χ3n) is 3.74. The first-order valence-electron chi connectivity index (χ1n) is 8.54. The van der Waals surface area contributed by atoms with E-state index in [4.69, 9.17) is 9.47 Å². The second-order valence-corrected chi connectivity index (χ2v) is 5.69. The number of carbonyl (C=O) groups excluding carboxylic acids is 1. The first kappa shape index (κ1) is 18.5. The Hall–Kier alpha value is -1.51. The maximum Gasteiger partial charge on any atom is 0.305 e. The van der Waals surface area contributed by atoms with Crippen LogP contribution in [0.4, 0.5) is 0 Å². The number of aryl methyl sites for hydroxylation is 1. The van der Waals surface area contributed by atoms with E-state index in [1.165, 1.54) is 24.8 Å². The zero-order valence-electron chi connectivity index (χ0n) is 14.1. The molecule has 1 rings (SSSR count). The van der Waals surface area contributed by atoms with Crippen LogP contribution in [0.25, 0.3) is 0 Å². The third-order valence-corrected chi connectivity index (χ3v) is 3.74. The molecule has 124 valence electrons. The van der Waals surface area contributed by atoms with Crippen LogP contribution in [-0.4, -0.2) is 19.7 Å². The van der Waals surface area contributed by atoms with Crippen molar-refractivity contribution < 1.29 is 14.3 Å². The molecule has 0 aliphatic heterocycles. The van der Waals surface area contributed by atoms with Gasteiger partial charge in [-0.05, 0) is 43.4 Å². The van der Waals surface area contributed by atoms with Crippen molar-refractivity contribution in [2.24, 2.45) is 0 Å². The molecule has 0 atom stereocenters. The highest BCUT2D eigenvalue weighted by atomic mass is 16.5. The monoisotopic (exact) mass is 306 g/mol. The van der Waals surface area contributed by atoms with E-state index < -0.39 is 0 Å². The average Bonchev–Trinajstić information content (AvgIpc) is 2.55. The molecular weight excluding hydrogens is 276 g/mol. The summed E-state index contributed by atoms with van der Waals surface area (Å²) in [6.07, 6.45) is 9.30. The van der Waals surface area contributed by atoms with Crippen molar-refractivity contribution in [1.29, 1.82) is 0 Å². The van der Waals surface area contributed by atoms with Crippen molar-refractivity contribution in [3.05, 3.63) is 29.8 Å². The number of hydrogen-bond donors (Lipinski definition) is 0. The van der Waals surface area contributed by atoms with Gasteiger partial charge in [-0.1, -0.05) is 44.7 Å². The van der Waals surface area contributed by atoms with Crippen molar-refractivity contribution >= 4 is 5.97 Å². The summed E-state index contributed by atoms with van der Waals surface area (Å²) in [5.74, 6) is 0.834. The van der Waals surface area contributed by atoms with Crippen LogP contribution >= 0.6 is 0 Å². The Bertz CT molecular complexity index is 415. The summed E-state index contributed by atoms with van der Waals surface area (Å²) < 4.78 is 10.5. The first-order valence-corrected chi connectivity index (χ1v) is 8.54. The number of hydrogen-bond acceptors (Lipinski definition) is 3. The van der Waals surface area contributed by atoms with Gasteiger partial charge < -0.3 is 9.47 Å². The van der Waals surface area contributed by atoms with Crippen LogP contribution in [0.5, 0.6) is 5.75 Å². The van der Waals surface area contributed by atoms with Crippen molar-refractivity contribution in [2.45, 2.75) is 64.7 Å². The van der Waals surface area contributed by atoms with Gasteiger partial charge in [0, 0.05) is 6.42 Å². The summed E-state index contributed by atoms with van der Waals surface area (Å²) in [4.78, 5) is 11.6. The maximum absolute atomic E-state index is 11.6. The van der Waals surface area contributed by atoms with E-state index in [2.05, 4.69) is 19.1 Å². The van der Waals surface area contributed by atoms with Gasteiger partial charge in [-0.25, -0.2) is 0 Å². The molecule has 3 nitrogen and oxygen atoms in total. The number of methoxy groups -OCH3 is 1. The number of benzene rings is 1. The second kappa shape index (κ2) is 12.1. The second-order valence-electron chi connectivity index (χ2n) is 5.69. The SMILES string of the molecule is CCCCCCCOC(=O)CCCCc1cccc(OC)c1. The van der Waals surface area contributed by atoms with Crippen molar-refractivity contribution in [2.75, 3.05) is 13.7 Å². The molecule has 3 heteroatoms. The molecule has 0 saturated carbocycles. The predicted octanol–water partition coefficient (Wildman–Crippen LogP) is 4.92. The fourth-order valence-corrected chi connectivity index (χ4v) is 2.39. The lowest BCUT2D eigenvalue weighted by molar-refractivity contribution is -0.143. The van der Waals surface area contributed by atoms with Gasteiger partial charge in [-0.3, -0.25) is 4.79 Å². The van der Waals surface area contributed by atoms with Gasteiger partial charge in [-0.2, -0.15) is 0 Å². The number of esters is 1. The minimum Gasteiger partial charge on any atom is -0.497 e. The van der Waals surface area contributed by atoms with E-state index in [0.717, 1.165) is 37.9 Å². The van der Waals surface area contributed by atoms with E-state index in [9.17, 15) is 4.79 Å². The average molecular weight is 306 g/mol. The first-order chi connectivity index (χ1) is 10.8. The number of carbonyl (C=O) groups is 1. The zero-order valence-corrected chi connectivity index (χ0v) is 14.1. The quantitative estimate of drug-likeness (QED) is 0.406. The largest absolute Gasteiger partial charge is 0.497 e. The van der Waals surface area contributed by atoms with E-state index in [0.29, 0.717) is 13.0 Å². The fraction of sp³-hybridized carbons (Fsp3) is 0.632. The predicted molar refractivity (Wildman–Crippen MR) is 90.3 cm³/mol. The number of ether oxygens (including phenoxy) is 2. The molecule has 0 amide bonds. The van der Waals surface area contributed by atoms with Crippen molar-refractivity contribution in [1.82, 2.24) is 0 Å². The molecule has 0 bridgehead atoms. The van der Waals surface area contributed by atoms with Crippen LogP contribution in [0, 0.1) is 0 Å². The molecule has 0 aromatic heterocycles. The molecule has 0 fully saturated rings. The number of unbranched alkanes of at least 4 members (excludes halogenated alkanes) is 5. The third kappa shape index (κ3) is 8.71. The molecule has 0 heterocycles. The van der Waals surface area contributed by atoms with Crippen LogP contribution in [0.2, 0.25) is 0 Å². The molecular formula is C19H30O3. The highest BCUT2D eigenvalue weighted by Crippen LogP contribution is 2.15. The molecule has 0 unspecified atom stereocenters. The maximum atomic E-state index is 11.6. The van der Waals surface area contributed by atoms with E-state index >= 15 is 0 Å². The molecule has 0 aliphatic rings. The van der Waals surface area contributed by atoms with Crippen LogP contribution < -0.4 is 4.74 Å². The molecule has 0 aliphatic carbocycles. The molecule has 22 heavy (non-hydrogen) atoms. The molecule has 1 aromatic rings. The van der Waals surface area contributed by atoms with Crippen LogP contribution in [-0.2, 0) is 16.0 Å². The summed E-state index contributed by atoms with van der Waals surface area (Å²) >= 11 is 0. The Balaban J connectivity index is 2.02.